The number of nitrogens with two attached hydrogens (primary N) is 1. The van der Waals surface area contributed by atoms with Crippen LogP contribution in [0.1, 0.15) is 63.2 Å². The molecule has 0 radical (unpaired) electrons. The minimum Gasteiger partial charge on any atom is -0.387 e. The first-order valence-corrected chi connectivity index (χ1v) is 23.2. The first-order chi connectivity index (χ1) is 28.0. The normalized spacial score (nSPS) is 25.9. The molecule has 5 heterocycles. The third-order valence-corrected chi connectivity index (χ3v) is 14.3. The minimum atomic E-state index is -5.58. The zero-order valence-electron chi connectivity index (χ0n) is 31.0. The lowest BCUT2D eigenvalue weighted by molar-refractivity contribution is -0.157. The van der Waals surface area contributed by atoms with Crippen molar-refractivity contribution in [3.05, 3.63) is 22.1 Å². The number of aliphatic hydroxyl groups excluding tert-OH is 2. The van der Waals surface area contributed by atoms with E-state index in [1.165, 1.54) is 6.20 Å². The van der Waals surface area contributed by atoms with Gasteiger partial charge in [-0.2, -0.15) is 21.1 Å². The van der Waals surface area contributed by atoms with E-state index in [0.717, 1.165) is 29.6 Å². The summed E-state index contributed by atoms with van der Waals surface area (Å²) < 4.78 is 57.1. The number of urea groups is 1. The maximum Gasteiger partial charge on any atom is 0.708 e. The minimum absolute atomic E-state index is 0.0218. The molecular formula is C30H44N8O17P3S+. The van der Waals surface area contributed by atoms with Gasteiger partial charge in [-0.3, -0.25) is 24.3 Å². The molecule has 4 amide bonds. The number of carbonyl (C=O) groups is 3. The van der Waals surface area contributed by atoms with Crippen LogP contribution in [0.15, 0.2) is 11.0 Å². The number of hydrogen-bond donors (Lipinski definition) is 11. The number of H-pyrrole nitrogens is 1. The van der Waals surface area contributed by atoms with Crippen molar-refractivity contribution in [2.45, 2.75) is 93.2 Å². The molecule has 3 aliphatic rings. The summed E-state index contributed by atoms with van der Waals surface area (Å²) in [7, 11) is -14.6. The number of thioether (sulfide) groups is 1. The zero-order valence-corrected chi connectivity index (χ0v) is 34.5. The molecule has 0 spiro atoms. The van der Waals surface area contributed by atoms with Crippen molar-refractivity contribution in [3.8, 4) is 11.8 Å². The summed E-state index contributed by atoms with van der Waals surface area (Å²) in [6, 6.07) is 0.224. The Hall–Kier alpha value is -3.50. The monoisotopic (exact) mass is 913 g/mol. The summed E-state index contributed by atoms with van der Waals surface area (Å²) in [5.41, 5.74) is 5.00. The smallest absolute Gasteiger partial charge is 0.387 e. The lowest BCUT2D eigenvalue weighted by Crippen LogP contribution is -2.36. The summed E-state index contributed by atoms with van der Waals surface area (Å²) >= 11 is 1.85. The van der Waals surface area contributed by atoms with Crippen LogP contribution >= 0.6 is 35.7 Å². The van der Waals surface area contributed by atoms with Crippen LogP contribution in [-0.2, 0) is 45.8 Å². The lowest BCUT2D eigenvalue weighted by Gasteiger charge is -2.17. The number of amides is 4. The van der Waals surface area contributed by atoms with Crippen LogP contribution < -0.4 is 32.6 Å². The molecule has 3 aliphatic heterocycles. The topological polar surface area (TPSA) is 375 Å². The highest BCUT2D eigenvalue weighted by Gasteiger charge is 2.49. The van der Waals surface area contributed by atoms with Crippen molar-refractivity contribution >= 4 is 70.5 Å². The van der Waals surface area contributed by atoms with E-state index in [2.05, 4.69) is 56.4 Å². The van der Waals surface area contributed by atoms with Crippen LogP contribution in [0.4, 0.5) is 10.7 Å². The standard InChI is InChI=1S/C30H43N8O17P3S/c31-29-36-26-22(27(43)37-29)16(13-38(26)28-25(42)24(41)18(52-28)14-51-56(46)54-58(49,50)55-57(47,48)53-45)7-6-12-33-20(39)9-2-1-5-11-32-21(40)10-4-3-8-19-23-17(15-59-19)34-30(44)35-23/h13,17-19,23-25,28,41-42H,1-5,8-12,14-15H2,(H9-,31,32,33,34,35,36,37,39,40,43,44,45,47,48,49,50)/p+1/t17-,18+,19-,23-,24+,25+,28+/m0/s1. The highest BCUT2D eigenvalue weighted by molar-refractivity contribution is 8.00. The molecular weight excluding hydrogens is 869 g/mol. The van der Waals surface area contributed by atoms with Crippen molar-refractivity contribution in [3.63, 3.8) is 0 Å². The highest BCUT2D eigenvalue weighted by Crippen LogP contribution is 2.63. The molecule has 0 saturated carbocycles. The Morgan fingerprint density at radius 3 is 2.54 bits per heavy atom. The Labute approximate surface area is 339 Å². The third kappa shape index (κ3) is 13.0. The number of unbranched alkanes of at least 4 members (excludes halogenated alkanes) is 3. The van der Waals surface area contributed by atoms with Gasteiger partial charge in [0.15, 0.2) is 11.9 Å². The summed E-state index contributed by atoms with van der Waals surface area (Å²) in [6.45, 7) is -0.444. The van der Waals surface area contributed by atoms with Crippen molar-refractivity contribution in [2.24, 2.45) is 0 Å². The van der Waals surface area contributed by atoms with E-state index in [-0.39, 0.29) is 65.4 Å². The SMILES string of the molecule is Nc1nc2c(c(C#CCNC(=O)CCCCCNC(=O)CCCC[C@@H]3SC[C@@H]4NC(=O)N[C@@H]43)cn2[C@@H]2O[C@H](CO[P+](=O)OP(=O)(O)OP(=O)(O)OO)[C@@H](O)[C@H]2O)c(=O)[nH]1. The average Bonchev–Trinajstić information content (AvgIpc) is 3.90. The number of phosphoric acid groups is 2. The molecule has 29 heteroatoms. The average molecular weight is 914 g/mol. The second-order valence-electron chi connectivity index (χ2n) is 13.5. The fourth-order valence-corrected chi connectivity index (χ4v) is 10.7. The van der Waals surface area contributed by atoms with Crippen LogP contribution in [0, 0.1) is 11.8 Å². The van der Waals surface area contributed by atoms with Gasteiger partial charge < -0.3 is 51.4 Å². The molecule has 326 valence electrons. The Balaban J connectivity index is 1.03. The van der Waals surface area contributed by atoms with Crippen LogP contribution in [-0.4, -0.2) is 119 Å². The first-order valence-electron chi connectivity index (χ1n) is 18.1. The Kier molecular flexibility index (Phi) is 16.5. The van der Waals surface area contributed by atoms with Crippen molar-refractivity contribution < 1.29 is 75.9 Å². The molecule has 0 aliphatic carbocycles. The van der Waals surface area contributed by atoms with Gasteiger partial charge in [-0.1, -0.05) is 24.7 Å². The fourth-order valence-electron chi connectivity index (χ4n) is 6.51. The Bertz CT molecular complexity index is 2100. The van der Waals surface area contributed by atoms with Crippen LogP contribution in [0.5, 0.6) is 0 Å². The van der Waals surface area contributed by atoms with Gasteiger partial charge in [0.25, 0.3) is 5.56 Å². The molecule has 5 rings (SSSR count). The molecule has 3 saturated heterocycles. The number of anilines is 1. The predicted octanol–water partition coefficient (Wildman–Crippen LogP) is 0.194. The predicted molar refractivity (Wildman–Crippen MR) is 205 cm³/mol. The third-order valence-electron chi connectivity index (χ3n) is 9.22. The maximum absolute atomic E-state index is 12.9. The number of nitrogens with zero attached hydrogens (tertiary/aromatic N) is 2. The molecule has 3 fully saturated rings. The molecule has 3 unspecified atom stereocenters. The van der Waals surface area contributed by atoms with E-state index >= 15 is 0 Å². The van der Waals surface area contributed by atoms with Crippen LogP contribution in [0.3, 0.4) is 0 Å². The largest absolute Gasteiger partial charge is 0.708 e. The first kappa shape index (κ1) is 46.6. The molecule has 2 aromatic rings. The number of nitrogen functional groups attached to an aromatic ring is 1. The second kappa shape index (κ2) is 20.8. The molecule has 25 nitrogen and oxygen atoms in total. The van der Waals surface area contributed by atoms with Gasteiger partial charge in [-0.25, -0.2) is 19.2 Å². The Morgan fingerprint density at radius 2 is 1.80 bits per heavy atom. The van der Waals surface area contributed by atoms with Crippen LogP contribution in [0.25, 0.3) is 11.0 Å². The van der Waals surface area contributed by atoms with Crippen molar-refractivity contribution in [1.29, 1.82) is 0 Å². The van der Waals surface area contributed by atoms with Gasteiger partial charge in [0.1, 0.15) is 24.9 Å². The molecule has 59 heavy (non-hydrogen) atoms. The number of aromatic nitrogens is 3. The maximum atomic E-state index is 12.9. The van der Waals surface area contributed by atoms with Gasteiger partial charge in [0, 0.05) is 41.2 Å². The van der Waals surface area contributed by atoms with Gasteiger partial charge in [0.2, 0.25) is 17.8 Å². The summed E-state index contributed by atoms with van der Waals surface area (Å²) in [5, 5.41) is 41.4. The second-order valence-corrected chi connectivity index (χ2v) is 18.8. The number of rotatable bonds is 21. The molecule has 10 atom stereocenters. The van der Waals surface area contributed by atoms with E-state index in [9.17, 15) is 48.0 Å². The number of ether oxygens (including phenoxy) is 1. The molecule has 0 bridgehead atoms. The summed E-state index contributed by atoms with van der Waals surface area (Å²) in [5.74, 6) is 5.79. The van der Waals surface area contributed by atoms with Crippen molar-refractivity contribution in [2.75, 3.05) is 31.2 Å². The number of carbonyl (C=O) groups excluding carboxylic acids is 3. The Morgan fingerprint density at radius 1 is 1.07 bits per heavy atom. The number of aliphatic hydroxyl groups is 2. The molecule has 0 aromatic carbocycles. The number of aromatic amines is 1. The number of fused-ring (bicyclic) bond motifs is 2. The lowest BCUT2D eigenvalue weighted by atomic mass is 10.0. The van der Waals surface area contributed by atoms with E-state index in [4.69, 9.17) is 25.1 Å². The highest BCUT2D eigenvalue weighted by atomic mass is 32.2. The van der Waals surface area contributed by atoms with E-state index < -0.39 is 60.6 Å². The van der Waals surface area contributed by atoms with E-state index in [1.54, 1.807) is 0 Å². The quantitative estimate of drug-likeness (QED) is 0.0199. The van der Waals surface area contributed by atoms with Crippen molar-refractivity contribution in [1.82, 2.24) is 35.8 Å². The summed E-state index contributed by atoms with van der Waals surface area (Å²) in [6.07, 6.45) is 0.0914. The van der Waals surface area contributed by atoms with E-state index in [0.29, 0.717) is 37.5 Å². The molecule has 12 N–H and O–H groups in total. The van der Waals surface area contributed by atoms with Crippen LogP contribution in [0.2, 0.25) is 0 Å². The number of hydrogen-bond acceptors (Lipinski definition) is 18. The van der Waals surface area contributed by atoms with Gasteiger partial charge in [-0.15, -0.1) is 9.20 Å². The summed E-state index contributed by atoms with van der Waals surface area (Å²) in [4.78, 5) is 73.8. The number of nitrogens with one attached hydrogen (secondary N) is 5. The molecule has 2 aromatic heterocycles. The fraction of sp³-hybridized carbons (Fsp3) is 0.633. The van der Waals surface area contributed by atoms with Gasteiger partial charge >= 0.3 is 29.9 Å². The van der Waals surface area contributed by atoms with Gasteiger partial charge in [0.05, 0.1) is 29.6 Å². The van der Waals surface area contributed by atoms with Gasteiger partial charge in [-0.05, 0) is 30.0 Å². The zero-order chi connectivity index (χ0) is 42.9. The van der Waals surface area contributed by atoms with E-state index in [1.807, 2.05) is 11.8 Å².